The fourth-order valence-electron chi connectivity index (χ4n) is 3.01. The summed E-state index contributed by atoms with van der Waals surface area (Å²) in [5.41, 5.74) is -0.524. The SMILES string of the molecule is CCCC(C)(NC(=O)c1sc(C2CCCC2)nc1C)C(=O)O. The Morgan fingerprint density at radius 3 is 2.59 bits per heavy atom. The Kier molecular flexibility index (Phi) is 5.21. The maximum absolute atomic E-state index is 12.5. The van der Waals surface area contributed by atoms with E-state index in [1.165, 1.54) is 24.2 Å². The number of carboxylic acids is 1. The van der Waals surface area contributed by atoms with Crippen molar-refractivity contribution in [2.75, 3.05) is 0 Å². The van der Waals surface area contributed by atoms with Crippen LogP contribution in [0.15, 0.2) is 0 Å². The molecule has 1 aromatic heterocycles. The number of amides is 1. The summed E-state index contributed by atoms with van der Waals surface area (Å²) in [6, 6.07) is 0. The Bertz CT molecular complexity index is 564. The van der Waals surface area contributed by atoms with Crippen LogP contribution in [0.3, 0.4) is 0 Å². The van der Waals surface area contributed by atoms with Crippen LogP contribution < -0.4 is 5.32 Å². The lowest BCUT2D eigenvalue weighted by Crippen LogP contribution is -2.52. The number of nitrogens with one attached hydrogen (secondary N) is 1. The van der Waals surface area contributed by atoms with E-state index < -0.39 is 11.5 Å². The first kappa shape index (κ1) is 16.9. The van der Waals surface area contributed by atoms with E-state index in [4.69, 9.17) is 0 Å². The van der Waals surface area contributed by atoms with E-state index in [0.717, 1.165) is 17.8 Å². The van der Waals surface area contributed by atoms with Crippen molar-refractivity contribution >= 4 is 23.2 Å². The van der Waals surface area contributed by atoms with Gasteiger partial charge in [0.15, 0.2) is 0 Å². The number of hydrogen-bond donors (Lipinski definition) is 2. The lowest BCUT2D eigenvalue weighted by molar-refractivity contribution is -0.144. The topological polar surface area (TPSA) is 79.3 Å². The largest absolute Gasteiger partial charge is 0.480 e. The summed E-state index contributed by atoms with van der Waals surface area (Å²) >= 11 is 1.42. The number of carbonyl (C=O) groups excluding carboxylic acids is 1. The summed E-state index contributed by atoms with van der Waals surface area (Å²) < 4.78 is 0. The molecule has 1 amide bonds. The molecule has 0 radical (unpaired) electrons. The molecule has 1 aromatic rings. The van der Waals surface area contributed by atoms with Crippen LogP contribution in [-0.2, 0) is 4.79 Å². The van der Waals surface area contributed by atoms with Gasteiger partial charge in [0.1, 0.15) is 10.4 Å². The van der Waals surface area contributed by atoms with Crippen molar-refractivity contribution in [3.05, 3.63) is 15.6 Å². The van der Waals surface area contributed by atoms with Crippen molar-refractivity contribution in [1.82, 2.24) is 10.3 Å². The summed E-state index contributed by atoms with van der Waals surface area (Å²) in [6.07, 6.45) is 5.81. The highest BCUT2D eigenvalue weighted by molar-refractivity contribution is 7.13. The van der Waals surface area contributed by atoms with Crippen LogP contribution in [0.4, 0.5) is 0 Å². The first-order valence-corrected chi connectivity index (χ1v) is 8.72. The van der Waals surface area contributed by atoms with E-state index in [-0.39, 0.29) is 5.91 Å². The van der Waals surface area contributed by atoms with Gasteiger partial charge in [-0.2, -0.15) is 0 Å². The zero-order valence-electron chi connectivity index (χ0n) is 13.4. The number of rotatable bonds is 6. The molecule has 0 saturated heterocycles. The van der Waals surface area contributed by atoms with Crippen LogP contribution >= 0.6 is 11.3 Å². The molecule has 22 heavy (non-hydrogen) atoms. The molecule has 1 fully saturated rings. The molecule has 6 heteroatoms. The molecule has 122 valence electrons. The average Bonchev–Trinajstić information content (AvgIpc) is 3.07. The Morgan fingerprint density at radius 2 is 2.05 bits per heavy atom. The normalized spacial score (nSPS) is 18.1. The highest BCUT2D eigenvalue weighted by Crippen LogP contribution is 2.37. The van der Waals surface area contributed by atoms with Gasteiger partial charge in [-0.3, -0.25) is 4.79 Å². The lowest BCUT2D eigenvalue weighted by atomic mass is 9.96. The standard InChI is InChI=1S/C16H24N2O3S/c1-4-9-16(3,15(20)21)18-13(19)12-10(2)17-14(22-12)11-7-5-6-8-11/h11H,4-9H2,1-3H3,(H,18,19)(H,20,21). The molecular weight excluding hydrogens is 300 g/mol. The van der Waals surface area contributed by atoms with E-state index in [0.29, 0.717) is 29.3 Å². The van der Waals surface area contributed by atoms with Crippen LogP contribution in [0.25, 0.3) is 0 Å². The summed E-state index contributed by atoms with van der Waals surface area (Å²) in [6.45, 7) is 5.29. The molecule has 1 aliphatic rings. The van der Waals surface area contributed by atoms with Gasteiger partial charge in [0, 0.05) is 5.92 Å². The highest BCUT2D eigenvalue weighted by Gasteiger charge is 2.35. The molecule has 1 aliphatic carbocycles. The molecule has 0 bridgehead atoms. The van der Waals surface area contributed by atoms with Gasteiger partial charge in [-0.25, -0.2) is 9.78 Å². The summed E-state index contributed by atoms with van der Waals surface area (Å²) in [4.78, 5) is 29.0. The third-order valence-corrected chi connectivity index (χ3v) is 5.65. The van der Waals surface area contributed by atoms with Gasteiger partial charge >= 0.3 is 5.97 Å². The molecule has 0 aliphatic heterocycles. The summed E-state index contributed by atoms with van der Waals surface area (Å²) in [7, 11) is 0. The summed E-state index contributed by atoms with van der Waals surface area (Å²) in [5.74, 6) is -0.856. The minimum atomic E-state index is -1.23. The number of aryl methyl sites for hydroxylation is 1. The quantitative estimate of drug-likeness (QED) is 0.839. The highest BCUT2D eigenvalue weighted by atomic mass is 32.1. The number of aromatic nitrogens is 1. The number of thiazole rings is 1. The van der Waals surface area contributed by atoms with Gasteiger partial charge < -0.3 is 10.4 Å². The van der Waals surface area contributed by atoms with E-state index in [2.05, 4.69) is 10.3 Å². The van der Waals surface area contributed by atoms with Crippen molar-refractivity contribution in [2.24, 2.45) is 0 Å². The first-order chi connectivity index (χ1) is 10.4. The Hall–Kier alpha value is -1.43. The maximum Gasteiger partial charge on any atom is 0.329 e. The Morgan fingerprint density at radius 1 is 1.41 bits per heavy atom. The van der Waals surface area contributed by atoms with Gasteiger partial charge in [0.2, 0.25) is 0 Å². The van der Waals surface area contributed by atoms with Crippen molar-refractivity contribution in [2.45, 2.75) is 70.8 Å². The van der Waals surface area contributed by atoms with Gasteiger partial charge in [-0.15, -0.1) is 11.3 Å². The molecule has 1 unspecified atom stereocenters. The van der Waals surface area contributed by atoms with Gasteiger partial charge in [0.05, 0.1) is 10.7 Å². The molecular formula is C16H24N2O3S. The Balaban J connectivity index is 2.16. The number of carboxylic acid groups (broad SMARTS) is 1. The van der Waals surface area contributed by atoms with Crippen LogP contribution in [0, 0.1) is 6.92 Å². The monoisotopic (exact) mass is 324 g/mol. The fraction of sp³-hybridized carbons (Fsp3) is 0.688. The van der Waals surface area contributed by atoms with Crippen LogP contribution in [0.2, 0.25) is 0 Å². The summed E-state index contributed by atoms with van der Waals surface area (Å²) in [5, 5.41) is 13.1. The number of hydrogen-bond acceptors (Lipinski definition) is 4. The van der Waals surface area contributed by atoms with Crippen LogP contribution in [0.1, 0.15) is 78.7 Å². The molecule has 0 spiro atoms. The molecule has 1 atom stereocenters. The zero-order chi connectivity index (χ0) is 16.3. The zero-order valence-corrected chi connectivity index (χ0v) is 14.3. The second-order valence-corrected chi connectivity index (χ2v) is 7.32. The first-order valence-electron chi connectivity index (χ1n) is 7.90. The fourth-order valence-corrected chi connectivity index (χ4v) is 4.14. The molecule has 5 nitrogen and oxygen atoms in total. The molecule has 1 heterocycles. The molecule has 0 aromatic carbocycles. The van der Waals surface area contributed by atoms with E-state index in [9.17, 15) is 14.7 Å². The van der Waals surface area contributed by atoms with Gasteiger partial charge in [-0.1, -0.05) is 26.2 Å². The number of carbonyl (C=O) groups is 2. The van der Waals surface area contributed by atoms with Crippen LogP contribution in [-0.4, -0.2) is 27.5 Å². The third-order valence-electron chi connectivity index (χ3n) is 4.34. The van der Waals surface area contributed by atoms with Crippen molar-refractivity contribution < 1.29 is 14.7 Å². The second kappa shape index (κ2) is 6.77. The molecule has 2 N–H and O–H groups in total. The minimum Gasteiger partial charge on any atom is -0.480 e. The van der Waals surface area contributed by atoms with Crippen molar-refractivity contribution in [3.63, 3.8) is 0 Å². The van der Waals surface area contributed by atoms with Crippen LogP contribution in [0.5, 0.6) is 0 Å². The third kappa shape index (κ3) is 3.48. The van der Waals surface area contributed by atoms with Crippen molar-refractivity contribution in [3.8, 4) is 0 Å². The van der Waals surface area contributed by atoms with Gasteiger partial charge in [-0.05, 0) is 33.1 Å². The minimum absolute atomic E-state index is 0.322. The molecule has 1 saturated carbocycles. The molecule has 2 rings (SSSR count). The number of aliphatic carboxylic acids is 1. The van der Waals surface area contributed by atoms with E-state index >= 15 is 0 Å². The van der Waals surface area contributed by atoms with E-state index in [1.807, 2.05) is 13.8 Å². The second-order valence-electron chi connectivity index (χ2n) is 6.29. The van der Waals surface area contributed by atoms with Gasteiger partial charge in [0.25, 0.3) is 5.91 Å². The Labute approximate surface area is 135 Å². The lowest BCUT2D eigenvalue weighted by Gasteiger charge is -2.25. The predicted molar refractivity (Wildman–Crippen MR) is 86.5 cm³/mol. The maximum atomic E-state index is 12.5. The number of nitrogens with zero attached hydrogens (tertiary/aromatic N) is 1. The average molecular weight is 324 g/mol. The van der Waals surface area contributed by atoms with Crippen molar-refractivity contribution in [1.29, 1.82) is 0 Å². The van der Waals surface area contributed by atoms with E-state index in [1.54, 1.807) is 6.92 Å². The predicted octanol–water partition coefficient (Wildman–Crippen LogP) is 3.48. The smallest absolute Gasteiger partial charge is 0.329 e.